The Morgan fingerprint density at radius 2 is 1.89 bits per heavy atom. The van der Waals surface area contributed by atoms with E-state index in [0.717, 1.165) is 24.6 Å². The molecular weight excluding hydrogens is 581 g/mol. The highest BCUT2D eigenvalue weighted by atomic mass is 19.1. The van der Waals surface area contributed by atoms with Crippen molar-refractivity contribution in [2.45, 2.75) is 51.2 Å². The third-order valence-corrected chi connectivity index (χ3v) is 7.68. The summed E-state index contributed by atoms with van der Waals surface area (Å²) in [5.74, 6) is -2.85. The molecule has 1 unspecified atom stereocenters. The van der Waals surface area contributed by atoms with Gasteiger partial charge < -0.3 is 23.9 Å². The van der Waals surface area contributed by atoms with Gasteiger partial charge in [0.2, 0.25) is 5.88 Å². The number of carboxylic acid groups (broad SMARTS) is 1. The Hall–Kier alpha value is -4.74. The van der Waals surface area contributed by atoms with Gasteiger partial charge in [-0.1, -0.05) is 0 Å². The molecule has 11 nitrogen and oxygen atoms in total. The molecule has 2 aromatic carbocycles. The first-order chi connectivity index (χ1) is 21.3. The van der Waals surface area contributed by atoms with E-state index in [1.165, 1.54) is 12.3 Å². The molecule has 0 aliphatic carbocycles. The average Bonchev–Trinajstić information content (AvgIpc) is 3.33. The molecule has 2 aliphatic heterocycles. The average molecular weight is 609 g/mol. The second-order valence-electron chi connectivity index (χ2n) is 10.6. The molecule has 14 heteroatoms. The van der Waals surface area contributed by atoms with Crippen LogP contribution in [0.5, 0.6) is 11.6 Å². The van der Waals surface area contributed by atoms with Crippen molar-refractivity contribution >= 4 is 17.0 Å². The minimum atomic E-state index is -1.21. The van der Waals surface area contributed by atoms with Crippen LogP contribution in [0.25, 0.3) is 11.0 Å². The summed E-state index contributed by atoms with van der Waals surface area (Å²) in [6, 6.07) is 7.19. The van der Waals surface area contributed by atoms with Gasteiger partial charge in [0.1, 0.15) is 35.9 Å². The maximum Gasteiger partial charge on any atom is 0.335 e. The van der Waals surface area contributed by atoms with E-state index in [1.54, 1.807) is 12.1 Å². The lowest BCUT2D eigenvalue weighted by Crippen LogP contribution is -2.39. The minimum absolute atomic E-state index is 0.0331. The molecule has 2 saturated heterocycles. The number of ether oxygens (including phenoxy) is 3. The topological polar surface area (TPSA) is 136 Å². The van der Waals surface area contributed by atoms with Gasteiger partial charge in [0, 0.05) is 38.0 Å². The van der Waals surface area contributed by atoms with Gasteiger partial charge >= 0.3 is 5.97 Å². The van der Waals surface area contributed by atoms with Gasteiger partial charge in [0.05, 0.1) is 35.8 Å². The van der Waals surface area contributed by atoms with Crippen LogP contribution in [0.15, 0.2) is 36.5 Å². The number of hydrogen-bond acceptors (Lipinski definition) is 9. The lowest BCUT2D eigenvalue weighted by molar-refractivity contribution is -0.0592. The molecule has 0 spiro atoms. The van der Waals surface area contributed by atoms with Crippen molar-refractivity contribution in [2.24, 2.45) is 0 Å². The molecule has 228 valence electrons. The summed E-state index contributed by atoms with van der Waals surface area (Å²) in [6.45, 7) is 2.66. The molecule has 2 aliphatic rings. The third kappa shape index (κ3) is 6.29. The van der Waals surface area contributed by atoms with E-state index < -0.39 is 29.0 Å². The molecule has 6 rings (SSSR count). The number of imidazole rings is 1. The fourth-order valence-electron chi connectivity index (χ4n) is 5.25. The Kier molecular flexibility index (Phi) is 8.32. The number of carboxylic acids is 1. The molecule has 44 heavy (non-hydrogen) atoms. The Balaban J connectivity index is 1.08. The largest absolute Gasteiger partial charge is 0.482 e. The molecule has 0 amide bonds. The Morgan fingerprint density at radius 1 is 1.09 bits per heavy atom. The molecule has 1 atom stereocenters. The molecule has 0 radical (unpaired) electrons. The molecule has 4 aromatic rings. The van der Waals surface area contributed by atoms with E-state index >= 15 is 0 Å². The summed E-state index contributed by atoms with van der Waals surface area (Å²) in [6.07, 6.45) is 3.53. The molecule has 2 fully saturated rings. The number of nitrogens with zero attached hydrogens (tertiary/aromatic N) is 6. The highest BCUT2D eigenvalue weighted by Gasteiger charge is 2.27. The first-order valence-corrected chi connectivity index (χ1v) is 14.0. The second kappa shape index (κ2) is 12.5. The number of rotatable bonds is 10. The number of nitriles is 1. The first-order valence-electron chi connectivity index (χ1n) is 14.0. The van der Waals surface area contributed by atoms with Crippen LogP contribution >= 0.6 is 0 Å². The van der Waals surface area contributed by atoms with Crippen LogP contribution in [0.4, 0.5) is 13.2 Å². The quantitative estimate of drug-likeness (QED) is 0.279. The van der Waals surface area contributed by atoms with Gasteiger partial charge in [0.15, 0.2) is 23.2 Å². The number of benzene rings is 2. The number of aromatic carboxylic acids is 1. The van der Waals surface area contributed by atoms with E-state index in [2.05, 4.69) is 19.9 Å². The van der Waals surface area contributed by atoms with Crippen LogP contribution in [0.1, 0.15) is 46.8 Å². The zero-order chi connectivity index (χ0) is 30.8. The number of hydrogen-bond donors (Lipinski definition) is 1. The third-order valence-electron chi connectivity index (χ3n) is 7.68. The fourth-order valence-corrected chi connectivity index (χ4v) is 5.25. The number of fused-ring (bicyclic) bond motifs is 1. The van der Waals surface area contributed by atoms with Crippen molar-refractivity contribution in [1.29, 1.82) is 5.26 Å². The molecule has 2 aromatic heterocycles. The molecule has 1 N–H and O–H groups in total. The van der Waals surface area contributed by atoms with Crippen LogP contribution in [0.2, 0.25) is 0 Å². The number of aromatic nitrogens is 4. The Labute approximate surface area is 249 Å². The van der Waals surface area contributed by atoms with Crippen molar-refractivity contribution in [3.63, 3.8) is 0 Å². The first kappa shape index (κ1) is 29.3. The van der Waals surface area contributed by atoms with Crippen molar-refractivity contribution in [3.05, 3.63) is 76.8 Å². The molecular formula is C30H27F3N6O5. The normalized spacial score (nSPS) is 17.3. The predicted octanol–water partition coefficient (Wildman–Crippen LogP) is 4.22. The Morgan fingerprint density at radius 3 is 2.59 bits per heavy atom. The van der Waals surface area contributed by atoms with Gasteiger partial charge in [-0.3, -0.25) is 4.90 Å². The minimum Gasteiger partial charge on any atom is -0.482 e. The van der Waals surface area contributed by atoms with Crippen molar-refractivity contribution in [3.8, 4) is 17.7 Å². The van der Waals surface area contributed by atoms with Gasteiger partial charge in [-0.15, -0.1) is 0 Å². The van der Waals surface area contributed by atoms with E-state index in [4.69, 9.17) is 19.5 Å². The highest BCUT2D eigenvalue weighted by molar-refractivity contribution is 5.92. The number of piperidine rings is 1. The molecule has 0 saturated carbocycles. The Bertz CT molecular complexity index is 1750. The lowest BCUT2D eigenvalue weighted by atomic mass is 10.1. The van der Waals surface area contributed by atoms with Gasteiger partial charge in [0.25, 0.3) is 0 Å². The van der Waals surface area contributed by atoms with Crippen LogP contribution < -0.4 is 9.47 Å². The number of likely N-dealkylation sites (tertiary alicyclic amines) is 1. The number of halogens is 3. The summed E-state index contributed by atoms with van der Waals surface area (Å²) < 4.78 is 61.7. The van der Waals surface area contributed by atoms with Crippen molar-refractivity contribution in [1.82, 2.24) is 24.4 Å². The van der Waals surface area contributed by atoms with Crippen LogP contribution in [0.3, 0.4) is 0 Å². The predicted molar refractivity (Wildman–Crippen MR) is 147 cm³/mol. The summed E-state index contributed by atoms with van der Waals surface area (Å²) in [7, 11) is 0. The SMILES string of the molecule is N#Cc1cc(F)c(OCc2nccc(OC3CCN(Cc4nc5c(F)cc(C(=O)O)cc5n4CC4CCO4)CC3)n2)cc1F. The zero-order valence-corrected chi connectivity index (χ0v) is 23.4. The standard InChI is InChI=1S/C30H27F3N6O5/c31-21-12-25(22(32)10-18(21)13-34)43-16-26-35-5-1-28(36-26)44-19-2-6-38(7-3-19)15-27-37-29-23(33)9-17(30(40)41)11-24(29)39(27)14-20-4-8-42-20/h1,5,9-12,19-20H,2-4,6-8,14-16H2,(H,40,41). The number of carbonyl (C=O) groups is 1. The smallest absolute Gasteiger partial charge is 0.335 e. The van der Waals surface area contributed by atoms with E-state index in [0.29, 0.717) is 62.8 Å². The molecule has 4 heterocycles. The van der Waals surface area contributed by atoms with E-state index in [9.17, 15) is 23.1 Å². The maximum atomic E-state index is 14.8. The van der Waals surface area contributed by atoms with Crippen LogP contribution in [-0.4, -0.2) is 67.4 Å². The summed E-state index contributed by atoms with van der Waals surface area (Å²) in [5.41, 5.74) is 0.0162. The molecule has 0 bridgehead atoms. The zero-order valence-electron chi connectivity index (χ0n) is 23.4. The maximum absolute atomic E-state index is 14.8. The van der Waals surface area contributed by atoms with Gasteiger partial charge in [-0.2, -0.15) is 10.2 Å². The second-order valence-corrected chi connectivity index (χ2v) is 10.6. The fraction of sp³-hybridized carbons (Fsp3) is 0.367. The highest BCUT2D eigenvalue weighted by Crippen LogP contribution is 2.27. The van der Waals surface area contributed by atoms with Crippen LogP contribution in [-0.2, 0) is 24.4 Å². The monoisotopic (exact) mass is 608 g/mol. The summed E-state index contributed by atoms with van der Waals surface area (Å²) in [4.78, 5) is 26.7. The summed E-state index contributed by atoms with van der Waals surface area (Å²) >= 11 is 0. The lowest BCUT2D eigenvalue weighted by Gasteiger charge is -2.32. The van der Waals surface area contributed by atoms with E-state index in [-0.39, 0.29) is 41.5 Å². The van der Waals surface area contributed by atoms with E-state index in [1.807, 2.05) is 4.57 Å². The van der Waals surface area contributed by atoms with Crippen molar-refractivity contribution in [2.75, 3.05) is 19.7 Å². The van der Waals surface area contributed by atoms with Gasteiger partial charge in [-0.25, -0.2) is 27.9 Å². The van der Waals surface area contributed by atoms with Gasteiger partial charge in [-0.05, 0) is 37.5 Å². The van der Waals surface area contributed by atoms with Crippen LogP contribution in [0, 0.1) is 28.8 Å². The summed E-state index contributed by atoms with van der Waals surface area (Å²) in [5, 5.41) is 18.3. The van der Waals surface area contributed by atoms with Crippen molar-refractivity contribution < 1.29 is 37.3 Å².